The third-order valence-corrected chi connectivity index (χ3v) is 3.82. The van der Waals surface area contributed by atoms with Crippen molar-refractivity contribution in [1.29, 1.82) is 0 Å². The standard InChI is InChI=1S/C18H14ClNO2/c1-12-2-8-16(9-3-12)20-17(21)11-14(18(20)22)10-13-4-6-15(19)7-5-13/h2-10H,11H2,1H3/b14-10+. The molecule has 1 heterocycles. The SMILES string of the molecule is Cc1ccc(N2C(=O)C/C(=C\c3ccc(Cl)cc3)C2=O)cc1. The lowest BCUT2D eigenvalue weighted by atomic mass is 10.1. The van der Waals surface area contributed by atoms with Gasteiger partial charge in [-0.1, -0.05) is 41.4 Å². The second-order valence-electron chi connectivity index (χ2n) is 5.27. The molecule has 1 saturated heterocycles. The van der Waals surface area contributed by atoms with Crippen molar-refractivity contribution in [2.75, 3.05) is 4.90 Å². The third kappa shape index (κ3) is 2.81. The van der Waals surface area contributed by atoms with Crippen molar-refractivity contribution in [2.24, 2.45) is 0 Å². The summed E-state index contributed by atoms with van der Waals surface area (Å²) >= 11 is 5.85. The molecule has 0 N–H and O–H groups in total. The Morgan fingerprint density at radius 1 is 1.00 bits per heavy atom. The van der Waals surface area contributed by atoms with Crippen LogP contribution in [-0.4, -0.2) is 11.8 Å². The van der Waals surface area contributed by atoms with Crippen molar-refractivity contribution in [3.8, 4) is 0 Å². The molecule has 2 amide bonds. The van der Waals surface area contributed by atoms with Crippen molar-refractivity contribution in [3.63, 3.8) is 0 Å². The Balaban J connectivity index is 1.91. The monoisotopic (exact) mass is 311 g/mol. The van der Waals surface area contributed by atoms with Gasteiger partial charge >= 0.3 is 0 Å². The van der Waals surface area contributed by atoms with Crippen LogP contribution >= 0.6 is 11.6 Å². The minimum absolute atomic E-state index is 0.120. The molecule has 2 aromatic rings. The Labute approximate surface area is 133 Å². The van der Waals surface area contributed by atoms with Gasteiger partial charge in [-0.15, -0.1) is 0 Å². The zero-order valence-electron chi connectivity index (χ0n) is 12.0. The molecule has 110 valence electrons. The number of hydrogen-bond donors (Lipinski definition) is 0. The second kappa shape index (κ2) is 5.78. The molecule has 1 fully saturated rings. The number of amides is 2. The molecule has 2 aromatic carbocycles. The maximum absolute atomic E-state index is 12.5. The maximum atomic E-state index is 12.5. The van der Waals surface area contributed by atoms with Crippen molar-refractivity contribution >= 4 is 35.2 Å². The first-order valence-corrected chi connectivity index (χ1v) is 7.32. The fourth-order valence-corrected chi connectivity index (χ4v) is 2.53. The molecule has 1 aliphatic rings. The van der Waals surface area contributed by atoms with Crippen molar-refractivity contribution in [2.45, 2.75) is 13.3 Å². The largest absolute Gasteiger partial charge is 0.274 e. The molecule has 3 nitrogen and oxygen atoms in total. The third-order valence-electron chi connectivity index (χ3n) is 3.57. The second-order valence-corrected chi connectivity index (χ2v) is 5.70. The molecule has 0 unspecified atom stereocenters. The molecule has 0 aliphatic carbocycles. The molecule has 3 rings (SSSR count). The summed E-state index contributed by atoms with van der Waals surface area (Å²) < 4.78 is 0. The zero-order chi connectivity index (χ0) is 15.7. The normalized spacial score (nSPS) is 16.6. The van der Waals surface area contributed by atoms with Crippen LogP contribution in [0.3, 0.4) is 0 Å². The fraction of sp³-hybridized carbons (Fsp3) is 0.111. The van der Waals surface area contributed by atoms with Gasteiger partial charge in [-0.3, -0.25) is 9.59 Å². The minimum Gasteiger partial charge on any atom is -0.274 e. The molecular weight excluding hydrogens is 298 g/mol. The van der Waals surface area contributed by atoms with Gasteiger partial charge in [0.25, 0.3) is 5.91 Å². The van der Waals surface area contributed by atoms with E-state index in [2.05, 4.69) is 0 Å². The highest BCUT2D eigenvalue weighted by Crippen LogP contribution is 2.27. The van der Waals surface area contributed by atoms with E-state index in [0.29, 0.717) is 16.3 Å². The van der Waals surface area contributed by atoms with Crippen LogP contribution in [0.15, 0.2) is 54.1 Å². The topological polar surface area (TPSA) is 37.4 Å². The Morgan fingerprint density at radius 3 is 2.27 bits per heavy atom. The molecule has 22 heavy (non-hydrogen) atoms. The molecule has 0 bridgehead atoms. The number of carbonyl (C=O) groups excluding carboxylic acids is 2. The predicted molar refractivity (Wildman–Crippen MR) is 87.7 cm³/mol. The zero-order valence-corrected chi connectivity index (χ0v) is 12.8. The molecule has 0 saturated carbocycles. The van der Waals surface area contributed by atoms with Gasteiger partial charge in [0.05, 0.1) is 12.1 Å². The average Bonchev–Trinajstić information content (AvgIpc) is 2.77. The summed E-state index contributed by atoms with van der Waals surface area (Å²) in [5.74, 6) is -0.460. The predicted octanol–water partition coefficient (Wildman–Crippen LogP) is 4.00. The summed E-state index contributed by atoms with van der Waals surface area (Å²) in [6.45, 7) is 1.96. The van der Waals surface area contributed by atoms with Gasteiger partial charge in [0, 0.05) is 10.6 Å². The number of rotatable bonds is 2. The summed E-state index contributed by atoms with van der Waals surface area (Å²) in [6, 6.07) is 14.5. The Kier molecular flexibility index (Phi) is 3.82. The van der Waals surface area contributed by atoms with Crippen molar-refractivity contribution in [3.05, 3.63) is 70.3 Å². The van der Waals surface area contributed by atoms with E-state index < -0.39 is 0 Å². The number of imide groups is 1. The van der Waals surface area contributed by atoms with Crippen LogP contribution in [0.1, 0.15) is 17.5 Å². The van der Waals surface area contributed by atoms with Gasteiger partial charge in [0.15, 0.2) is 0 Å². The number of anilines is 1. The van der Waals surface area contributed by atoms with Crippen molar-refractivity contribution in [1.82, 2.24) is 0 Å². The highest BCUT2D eigenvalue weighted by atomic mass is 35.5. The van der Waals surface area contributed by atoms with Gasteiger partial charge in [-0.2, -0.15) is 0 Å². The summed E-state index contributed by atoms with van der Waals surface area (Å²) in [7, 11) is 0. The lowest BCUT2D eigenvalue weighted by molar-refractivity contribution is -0.120. The molecule has 4 heteroatoms. The van der Waals surface area contributed by atoms with Crippen LogP contribution in [0.25, 0.3) is 6.08 Å². The number of hydrogen-bond acceptors (Lipinski definition) is 2. The Bertz CT molecular complexity index is 761. The molecule has 0 atom stereocenters. The van der Waals surface area contributed by atoms with Gasteiger partial charge in [-0.25, -0.2) is 4.90 Å². The van der Waals surface area contributed by atoms with E-state index in [0.717, 1.165) is 11.1 Å². The first-order valence-electron chi connectivity index (χ1n) is 6.95. The quantitative estimate of drug-likeness (QED) is 0.621. The number of carbonyl (C=O) groups is 2. The number of halogens is 1. The van der Waals surface area contributed by atoms with E-state index in [1.807, 2.05) is 31.2 Å². The van der Waals surface area contributed by atoms with E-state index in [-0.39, 0.29) is 18.2 Å². The molecule has 0 radical (unpaired) electrons. The Morgan fingerprint density at radius 2 is 1.64 bits per heavy atom. The van der Waals surface area contributed by atoms with Gasteiger partial charge in [0.2, 0.25) is 5.91 Å². The lowest BCUT2D eigenvalue weighted by Gasteiger charge is -2.13. The van der Waals surface area contributed by atoms with Crippen LogP contribution < -0.4 is 4.90 Å². The average molecular weight is 312 g/mol. The minimum atomic E-state index is -0.260. The highest BCUT2D eigenvalue weighted by Gasteiger charge is 2.34. The molecule has 0 spiro atoms. The number of nitrogens with zero attached hydrogens (tertiary/aromatic N) is 1. The first-order chi connectivity index (χ1) is 10.5. The molecule has 0 aromatic heterocycles. The number of benzene rings is 2. The fourth-order valence-electron chi connectivity index (χ4n) is 2.40. The first kappa shape index (κ1) is 14.5. The van der Waals surface area contributed by atoms with Crippen LogP contribution in [0.2, 0.25) is 5.02 Å². The Hall–Kier alpha value is -2.39. The van der Waals surface area contributed by atoms with Crippen molar-refractivity contribution < 1.29 is 9.59 Å². The van der Waals surface area contributed by atoms with Crippen LogP contribution in [-0.2, 0) is 9.59 Å². The number of aryl methyl sites for hydroxylation is 1. The van der Waals surface area contributed by atoms with E-state index in [4.69, 9.17) is 11.6 Å². The van der Waals surface area contributed by atoms with Crippen LogP contribution in [0.5, 0.6) is 0 Å². The molecule has 1 aliphatic heterocycles. The van der Waals surface area contributed by atoms with E-state index >= 15 is 0 Å². The molecular formula is C18H14ClNO2. The van der Waals surface area contributed by atoms with Gasteiger partial charge in [0.1, 0.15) is 0 Å². The summed E-state index contributed by atoms with van der Waals surface area (Å²) in [5.41, 5.74) is 3.04. The smallest absolute Gasteiger partial charge is 0.261 e. The van der Waals surface area contributed by atoms with Gasteiger partial charge < -0.3 is 0 Å². The summed E-state index contributed by atoms with van der Waals surface area (Å²) in [5, 5.41) is 0.636. The highest BCUT2D eigenvalue weighted by molar-refractivity contribution is 6.31. The summed E-state index contributed by atoms with van der Waals surface area (Å²) in [4.78, 5) is 25.9. The summed E-state index contributed by atoms with van der Waals surface area (Å²) in [6.07, 6.45) is 1.86. The van der Waals surface area contributed by atoms with Crippen LogP contribution in [0.4, 0.5) is 5.69 Å². The van der Waals surface area contributed by atoms with Gasteiger partial charge in [-0.05, 0) is 42.8 Å². The lowest BCUT2D eigenvalue weighted by Crippen LogP contribution is -2.28. The maximum Gasteiger partial charge on any atom is 0.261 e. The van der Waals surface area contributed by atoms with E-state index in [9.17, 15) is 9.59 Å². The van der Waals surface area contributed by atoms with E-state index in [1.165, 1.54) is 4.90 Å². The van der Waals surface area contributed by atoms with Crippen LogP contribution in [0, 0.1) is 6.92 Å². The van der Waals surface area contributed by atoms with E-state index in [1.54, 1.807) is 30.3 Å².